The number of rotatable bonds is 11. The second-order valence-electron chi connectivity index (χ2n) is 11.3. The Balaban J connectivity index is 0.00000308. The Hall–Kier alpha value is -3.28. The predicted octanol–water partition coefficient (Wildman–Crippen LogP) is 7.49. The number of hydrogen-bond donors (Lipinski definition) is 1. The third-order valence-corrected chi connectivity index (χ3v) is 7.49. The molecule has 7 heteroatoms. The molecule has 0 aromatic heterocycles. The molecule has 1 fully saturated rings. The number of carboxylic acid groups (broad SMARTS) is 1. The maximum Gasteiger partial charge on any atom is 2.00 e. The average molecular weight is 612 g/mol. The number of likely N-dealkylation sites (tertiary alicyclic amines) is 1. The van der Waals surface area contributed by atoms with Gasteiger partial charge in [-0.05, 0) is 56.2 Å². The predicted molar refractivity (Wildman–Crippen MR) is 168 cm³/mol. The Morgan fingerprint density at radius 1 is 0.976 bits per heavy atom. The van der Waals surface area contributed by atoms with Gasteiger partial charge in [-0.15, -0.1) is 5.69 Å². The summed E-state index contributed by atoms with van der Waals surface area (Å²) in [6, 6.07) is 27.1. The summed E-state index contributed by atoms with van der Waals surface area (Å²) in [5.41, 5.74) is 2.42. The number of para-hydroxylation sites is 1. The summed E-state index contributed by atoms with van der Waals surface area (Å²) in [4.78, 5) is 33.3. The third-order valence-electron chi connectivity index (χ3n) is 7.49. The van der Waals surface area contributed by atoms with E-state index in [1.54, 1.807) is 6.92 Å². The molecule has 0 radical (unpaired) electrons. The Labute approximate surface area is 261 Å². The minimum atomic E-state index is -1.33. The normalized spacial score (nSPS) is 17.0. The summed E-state index contributed by atoms with van der Waals surface area (Å²) in [6.07, 6.45) is 4.12. The molecule has 42 heavy (non-hydrogen) atoms. The molecule has 0 bridgehead atoms. The molecule has 2 atom stereocenters. The molecule has 3 aromatic carbocycles. The summed E-state index contributed by atoms with van der Waals surface area (Å²) in [7, 11) is 0. The number of benzene rings is 3. The number of aliphatic carboxylic acids is 1. The van der Waals surface area contributed by atoms with Crippen LogP contribution in [0.5, 0.6) is 0 Å². The van der Waals surface area contributed by atoms with Crippen molar-refractivity contribution >= 4 is 23.3 Å². The smallest absolute Gasteiger partial charge is 0.625 e. The standard InChI is InChI=1S/C34H41N3O3.CH3.Ni/c1-25(2)24-34(3,33(39)40)36-31(27-16-8-5-9-17-27)28-18-10-11-19-29(28)35-32(38)30-20-12-13-22-37(30)23-21-26-14-6-4-7-15-26;;/h4-11,14-19,25,30H,12-13,20-24H2,1-3H3,(H2,35,36,38,39,40);1H3;/q;-1;+2/p-1/t30?,34-;;/m0../s1. The summed E-state index contributed by atoms with van der Waals surface area (Å²) < 4.78 is 0. The second-order valence-corrected chi connectivity index (χ2v) is 11.3. The summed E-state index contributed by atoms with van der Waals surface area (Å²) >= 11 is 0. The van der Waals surface area contributed by atoms with Crippen molar-refractivity contribution in [3.8, 4) is 0 Å². The van der Waals surface area contributed by atoms with Gasteiger partial charge in [-0.3, -0.25) is 9.89 Å². The van der Waals surface area contributed by atoms with E-state index in [4.69, 9.17) is 4.99 Å². The molecule has 1 amide bonds. The van der Waals surface area contributed by atoms with Gasteiger partial charge in [0.2, 0.25) is 0 Å². The van der Waals surface area contributed by atoms with Gasteiger partial charge < -0.3 is 22.6 Å². The number of carbonyl (C=O) groups excluding carboxylic acids is 1. The van der Waals surface area contributed by atoms with E-state index in [9.17, 15) is 14.7 Å². The summed E-state index contributed by atoms with van der Waals surface area (Å²) in [5.74, 6) is -0.997. The Kier molecular flexibility index (Phi) is 13.6. The molecule has 4 rings (SSSR count). The molecule has 1 heterocycles. The van der Waals surface area contributed by atoms with E-state index >= 15 is 0 Å². The van der Waals surface area contributed by atoms with Gasteiger partial charge in [-0.25, -0.2) is 4.79 Å². The van der Waals surface area contributed by atoms with E-state index in [1.807, 2.05) is 86.6 Å². The van der Waals surface area contributed by atoms with Gasteiger partial charge in [-0.2, -0.15) is 0 Å². The van der Waals surface area contributed by atoms with Crippen LogP contribution in [0.15, 0.2) is 89.9 Å². The molecule has 0 spiro atoms. The SMILES string of the molecule is CC(C)C[C@](C)(N=C(c1ccccc1)c1ccccc1[N-]C(=O)C1CCCCN1CCc1ccccc1)C(=O)O.[CH3-].[Ni+2]. The van der Waals surface area contributed by atoms with Gasteiger partial charge >= 0.3 is 22.5 Å². The fourth-order valence-corrected chi connectivity index (χ4v) is 5.52. The molecule has 1 saturated heterocycles. The van der Waals surface area contributed by atoms with Crippen LogP contribution in [-0.2, 0) is 32.5 Å². The van der Waals surface area contributed by atoms with Crippen molar-refractivity contribution in [3.63, 3.8) is 0 Å². The zero-order chi connectivity index (χ0) is 28.5. The minimum absolute atomic E-state index is 0. The van der Waals surface area contributed by atoms with Crippen LogP contribution in [0.3, 0.4) is 0 Å². The first-order valence-corrected chi connectivity index (χ1v) is 14.3. The maximum absolute atomic E-state index is 13.7. The second kappa shape index (κ2) is 16.4. The van der Waals surface area contributed by atoms with Gasteiger partial charge in [0.1, 0.15) is 0 Å². The first kappa shape index (κ1) is 34.9. The molecule has 1 N–H and O–H groups in total. The first-order valence-electron chi connectivity index (χ1n) is 14.3. The quantitative estimate of drug-likeness (QED) is 0.138. The number of carboxylic acids is 1. The van der Waals surface area contributed by atoms with Crippen molar-refractivity contribution in [2.24, 2.45) is 10.9 Å². The van der Waals surface area contributed by atoms with Crippen LogP contribution >= 0.6 is 0 Å². The van der Waals surface area contributed by atoms with E-state index in [-0.39, 0.29) is 41.8 Å². The van der Waals surface area contributed by atoms with Crippen molar-refractivity contribution in [1.82, 2.24) is 4.90 Å². The third kappa shape index (κ3) is 9.11. The van der Waals surface area contributed by atoms with Crippen molar-refractivity contribution < 1.29 is 31.2 Å². The van der Waals surface area contributed by atoms with Gasteiger partial charge in [0.15, 0.2) is 5.54 Å². The molecule has 0 saturated carbocycles. The fraction of sp³-hybridized carbons (Fsp3) is 0.371. The Morgan fingerprint density at radius 3 is 2.24 bits per heavy atom. The van der Waals surface area contributed by atoms with Crippen molar-refractivity contribution in [2.75, 3.05) is 13.1 Å². The largest absolute Gasteiger partial charge is 2.00 e. The molecular weight excluding hydrogens is 569 g/mol. The monoisotopic (exact) mass is 611 g/mol. The maximum atomic E-state index is 13.7. The van der Waals surface area contributed by atoms with E-state index in [0.29, 0.717) is 23.4 Å². The fourth-order valence-electron chi connectivity index (χ4n) is 5.52. The van der Waals surface area contributed by atoms with Crippen molar-refractivity contribution in [3.05, 3.63) is 114 Å². The first-order chi connectivity index (χ1) is 19.3. The summed E-state index contributed by atoms with van der Waals surface area (Å²) in [5, 5.41) is 14.8. The number of hydrogen-bond acceptors (Lipinski definition) is 4. The molecular formula is C35H43N3NiO3. The molecule has 1 unspecified atom stereocenters. The van der Waals surface area contributed by atoms with Gasteiger partial charge in [0.25, 0.3) is 0 Å². The topological polar surface area (TPSA) is 84.1 Å². The van der Waals surface area contributed by atoms with Gasteiger partial charge in [0.05, 0.1) is 17.7 Å². The molecule has 226 valence electrons. The zero-order valence-corrected chi connectivity index (χ0v) is 26.1. The van der Waals surface area contributed by atoms with Crippen molar-refractivity contribution in [1.29, 1.82) is 0 Å². The molecule has 3 aromatic rings. The molecule has 1 aliphatic heterocycles. The van der Waals surface area contributed by atoms with Crippen LogP contribution in [0, 0.1) is 13.3 Å². The van der Waals surface area contributed by atoms with E-state index in [1.165, 1.54) is 5.56 Å². The zero-order valence-electron chi connectivity index (χ0n) is 25.1. The Bertz CT molecular complexity index is 1310. The number of carbonyl (C=O) groups is 2. The average Bonchev–Trinajstić information content (AvgIpc) is 2.96. The molecule has 1 aliphatic rings. The van der Waals surface area contributed by atoms with E-state index < -0.39 is 11.5 Å². The van der Waals surface area contributed by atoms with Crippen LogP contribution < -0.4 is 0 Å². The number of piperidine rings is 1. The van der Waals surface area contributed by atoms with E-state index in [0.717, 1.165) is 44.3 Å². The minimum Gasteiger partial charge on any atom is -0.625 e. The van der Waals surface area contributed by atoms with Gasteiger partial charge in [0, 0.05) is 12.1 Å². The molecule has 6 nitrogen and oxygen atoms in total. The number of nitrogens with zero attached hydrogens (tertiary/aromatic N) is 3. The van der Waals surface area contributed by atoms with Gasteiger partial charge in [-0.1, -0.05) is 105 Å². The van der Waals surface area contributed by atoms with Crippen LogP contribution in [0.1, 0.15) is 63.1 Å². The van der Waals surface area contributed by atoms with E-state index in [2.05, 4.69) is 22.3 Å². The van der Waals surface area contributed by atoms with Crippen LogP contribution in [0.25, 0.3) is 5.32 Å². The Morgan fingerprint density at radius 2 is 1.60 bits per heavy atom. The summed E-state index contributed by atoms with van der Waals surface area (Å²) in [6.45, 7) is 7.34. The van der Waals surface area contributed by atoms with Crippen molar-refractivity contribution in [2.45, 2.75) is 64.5 Å². The molecule has 0 aliphatic carbocycles. The van der Waals surface area contributed by atoms with Crippen LogP contribution in [0.4, 0.5) is 5.69 Å². The number of amides is 1. The number of aliphatic imine (C=N–C) groups is 1. The van der Waals surface area contributed by atoms with Crippen LogP contribution in [0.2, 0.25) is 0 Å². The van der Waals surface area contributed by atoms with Crippen LogP contribution in [-0.4, -0.2) is 52.3 Å².